The van der Waals surface area contributed by atoms with Gasteiger partial charge in [-0.3, -0.25) is 4.98 Å². The number of aromatic nitrogens is 3. The minimum Gasteiger partial charge on any atom is -0.464 e. The van der Waals surface area contributed by atoms with E-state index in [0.717, 1.165) is 17.0 Å². The Morgan fingerprint density at radius 1 is 1.35 bits per heavy atom. The Balaban J connectivity index is 1.98. The maximum atomic E-state index is 11.8. The highest BCUT2D eigenvalue weighted by molar-refractivity contribution is 5.89. The first-order valence-electron chi connectivity index (χ1n) is 6.35. The van der Waals surface area contributed by atoms with Crippen molar-refractivity contribution in [3.8, 4) is 0 Å². The van der Waals surface area contributed by atoms with Crippen molar-refractivity contribution < 1.29 is 9.53 Å². The first kappa shape index (κ1) is 12.7. The third-order valence-corrected chi connectivity index (χ3v) is 3.18. The number of methoxy groups -OCH3 is 1. The van der Waals surface area contributed by atoms with Gasteiger partial charge >= 0.3 is 5.97 Å². The minimum absolute atomic E-state index is 0.355. The Morgan fingerprint density at radius 2 is 2.25 bits per heavy atom. The van der Waals surface area contributed by atoms with E-state index >= 15 is 0 Å². The number of ether oxygens (including phenoxy) is 1. The van der Waals surface area contributed by atoms with Crippen molar-refractivity contribution in [1.29, 1.82) is 0 Å². The molecule has 0 amide bonds. The van der Waals surface area contributed by atoms with E-state index in [1.54, 1.807) is 6.20 Å². The third-order valence-electron chi connectivity index (χ3n) is 3.18. The molecule has 0 fully saturated rings. The van der Waals surface area contributed by atoms with Gasteiger partial charge in [0.15, 0.2) is 5.69 Å². The van der Waals surface area contributed by atoms with Crippen LogP contribution in [0.25, 0.3) is 0 Å². The molecule has 0 atom stereocenters. The van der Waals surface area contributed by atoms with Crippen molar-refractivity contribution in [2.24, 2.45) is 0 Å². The van der Waals surface area contributed by atoms with E-state index in [4.69, 9.17) is 4.74 Å². The van der Waals surface area contributed by atoms with Crippen LogP contribution in [0.15, 0.2) is 24.4 Å². The van der Waals surface area contributed by atoms with Crippen LogP contribution in [0, 0.1) is 0 Å². The average Bonchev–Trinajstić information content (AvgIpc) is 2.95. The van der Waals surface area contributed by atoms with E-state index < -0.39 is 5.97 Å². The largest absolute Gasteiger partial charge is 0.464 e. The number of nitrogens with zero attached hydrogens (tertiary/aromatic N) is 3. The standard InChI is InChI=1S/C14H14N4O2/c1-20-14(19)13-10-7-15-8-11(10)17-12(18-13)6-9-4-2-3-5-16-9/h2-5,15H,6-8H2,1H3. The molecule has 2 aromatic rings. The second-order valence-electron chi connectivity index (χ2n) is 4.51. The van der Waals surface area contributed by atoms with E-state index in [1.165, 1.54) is 7.11 Å². The van der Waals surface area contributed by atoms with Crippen LogP contribution in [0.2, 0.25) is 0 Å². The quantitative estimate of drug-likeness (QED) is 0.833. The Bertz CT molecular complexity index is 643. The summed E-state index contributed by atoms with van der Waals surface area (Å²) in [5.74, 6) is 0.168. The van der Waals surface area contributed by atoms with E-state index in [1.807, 2.05) is 18.2 Å². The molecule has 0 saturated carbocycles. The van der Waals surface area contributed by atoms with Gasteiger partial charge in [0.25, 0.3) is 0 Å². The van der Waals surface area contributed by atoms with Crippen molar-refractivity contribution in [1.82, 2.24) is 20.3 Å². The lowest BCUT2D eigenvalue weighted by Gasteiger charge is -2.07. The van der Waals surface area contributed by atoms with Gasteiger partial charge in [0.1, 0.15) is 5.82 Å². The molecule has 20 heavy (non-hydrogen) atoms. The van der Waals surface area contributed by atoms with Crippen LogP contribution >= 0.6 is 0 Å². The monoisotopic (exact) mass is 270 g/mol. The van der Waals surface area contributed by atoms with Crippen LogP contribution in [0.5, 0.6) is 0 Å². The molecule has 0 saturated heterocycles. The summed E-state index contributed by atoms with van der Waals surface area (Å²) in [6, 6.07) is 5.68. The fourth-order valence-corrected chi connectivity index (χ4v) is 2.23. The minimum atomic E-state index is -0.422. The molecule has 0 bridgehead atoms. The predicted molar refractivity (Wildman–Crippen MR) is 71.0 cm³/mol. The van der Waals surface area contributed by atoms with E-state index in [2.05, 4.69) is 20.3 Å². The third kappa shape index (κ3) is 2.37. The molecule has 0 radical (unpaired) electrons. The number of nitrogens with one attached hydrogen (secondary N) is 1. The molecule has 0 unspecified atom stereocenters. The van der Waals surface area contributed by atoms with Crippen molar-refractivity contribution >= 4 is 5.97 Å². The van der Waals surface area contributed by atoms with Crippen LogP contribution in [0.4, 0.5) is 0 Å². The van der Waals surface area contributed by atoms with Gasteiger partial charge in [-0.15, -0.1) is 0 Å². The molecule has 1 aliphatic heterocycles. The molecule has 1 N–H and O–H groups in total. The zero-order valence-electron chi connectivity index (χ0n) is 11.1. The summed E-state index contributed by atoms with van der Waals surface area (Å²) in [5, 5.41) is 3.17. The average molecular weight is 270 g/mol. The molecule has 6 heteroatoms. The van der Waals surface area contributed by atoms with Gasteiger partial charge in [0, 0.05) is 30.5 Å². The fourth-order valence-electron chi connectivity index (χ4n) is 2.23. The Kier molecular flexibility index (Phi) is 3.39. The molecule has 102 valence electrons. The summed E-state index contributed by atoms with van der Waals surface area (Å²) in [6.45, 7) is 1.25. The van der Waals surface area contributed by atoms with Crippen LogP contribution in [-0.2, 0) is 24.2 Å². The number of carbonyl (C=O) groups is 1. The number of esters is 1. The number of fused-ring (bicyclic) bond motifs is 1. The highest BCUT2D eigenvalue weighted by Crippen LogP contribution is 2.18. The van der Waals surface area contributed by atoms with Crippen molar-refractivity contribution in [3.63, 3.8) is 0 Å². The van der Waals surface area contributed by atoms with Crippen LogP contribution in [-0.4, -0.2) is 28.0 Å². The second kappa shape index (κ2) is 5.34. The van der Waals surface area contributed by atoms with Gasteiger partial charge in [-0.25, -0.2) is 14.8 Å². The summed E-state index contributed by atoms with van der Waals surface area (Å²) in [4.78, 5) is 24.9. The normalized spacial score (nSPS) is 13.1. The topological polar surface area (TPSA) is 77.0 Å². The number of pyridine rings is 1. The SMILES string of the molecule is COC(=O)c1nc(Cc2ccccn2)nc2c1CNC2. The molecular formula is C14H14N4O2. The molecule has 0 spiro atoms. The van der Waals surface area contributed by atoms with Gasteiger partial charge in [0.2, 0.25) is 0 Å². The van der Waals surface area contributed by atoms with Gasteiger partial charge in [-0.05, 0) is 12.1 Å². The summed E-state index contributed by atoms with van der Waals surface area (Å²) >= 11 is 0. The second-order valence-corrected chi connectivity index (χ2v) is 4.51. The fraction of sp³-hybridized carbons (Fsp3) is 0.286. The number of rotatable bonds is 3. The summed E-state index contributed by atoms with van der Waals surface area (Å²) in [5.41, 5.74) is 2.93. The zero-order chi connectivity index (χ0) is 13.9. The molecule has 3 rings (SSSR count). The smallest absolute Gasteiger partial charge is 0.357 e. The molecule has 3 heterocycles. The molecule has 0 aromatic carbocycles. The number of hydrogen-bond acceptors (Lipinski definition) is 6. The van der Waals surface area contributed by atoms with Crippen molar-refractivity contribution in [3.05, 3.63) is 52.9 Å². The predicted octanol–water partition coefficient (Wildman–Crippen LogP) is 0.852. The van der Waals surface area contributed by atoms with Crippen LogP contribution < -0.4 is 5.32 Å². The van der Waals surface area contributed by atoms with Crippen LogP contribution in [0.1, 0.15) is 33.3 Å². The van der Waals surface area contributed by atoms with Gasteiger partial charge in [0.05, 0.1) is 19.2 Å². The zero-order valence-corrected chi connectivity index (χ0v) is 11.1. The van der Waals surface area contributed by atoms with Crippen molar-refractivity contribution in [2.45, 2.75) is 19.5 Å². The van der Waals surface area contributed by atoms with Crippen LogP contribution in [0.3, 0.4) is 0 Å². The maximum absolute atomic E-state index is 11.8. The molecule has 2 aromatic heterocycles. The number of hydrogen-bond donors (Lipinski definition) is 1. The summed E-state index contributed by atoms with van der Waals surface area (Å²) in [6.07, 6.45) is 2.23. The lowest BCUT2D eigenvalue weighted by Crippen LogP contribution is -2.13. The van der Waals surface area contributed by atoms with Gasteiger partial charge in [-0.1, -0.05) is 6.07 Å². The lowest BCUT2D eigenvalue weighted by molar-refractivity contribution is 0.0592. The Labute approximate surface area is 116 Å². The molecule has 1 aliphatic rings. The highest BCUT2D eigenvalue weighted by Gasteiger charge is 2.23. The summed E-state index contributed by atoms with van der Waals surface area (Å²) < 4.78 is 4.79. The van der Waals surface area contributed by atoms with E-state index in [9.17, 15) is 4.79 Å². The lowest BCUT2D eigenvalue weighted by atomic mass is 10.1. The molecule has 6 nitrogen and oxygen atoms in total. The number of carbonyl (C=O) groups excluding carboxylic acids is 1. The van der Waals surface area contributed by atoms with Crippen molar-refractivity contribution in [2.75, 3.05) is 7.11 Å². The van der Waals surface area contributed by atoms with Gasteiger partial charge in [-0.2, -0.15) is 0 Å². The molecule has 0 aliphatic carbocycles. The molecular weight excluding hydrogens is 256 g/mol. The van der Waals surface area contributed by atoms with E-state index in [0.29, 0.717) is 31.0 Å². The highest BCUT2D eigenvalue weighted by atomic mass is 16.5. The Hall–Kier alpha value is -2.34. The van der Waals surface area contributed by atoms with Gasteiger partial charge < -0.3 is 10.1 Å². The maximum Gasteiger partial charge on any atom is 0.357 e. The first-order chi connectivity index (χ1) is 9.78. The van der Waals surface area contributed by atoms with E-state index in [-0.39, 0.29) is 0 Å². The summed E-state index contributed by atoms with van der Waals surface area (Å²) in [7, 11) is 1.36. The first-order valence-corrected chi connectivity index (χ1v) is 6.35. The Morgan fingerprint density at radius 3 is 3.00 bits per heavy atom.